The maximum absolute atomic E-state index is 10.0. The van der Waals surface area contributed by atoms with Gasteiger partial charge in [0, 0.05) is 10.9 Å². The van der Waals surface area contributed by atoms with Gasteiger partial charge >= 0.3 is 0 Å². The maximum atomic E-state index is 10.0. The molecular weight excluding hydrogens is 262 g/mol. The molecule has 0 spiro atoms. The van der Waals surface area contributed by atoms with E-state index in [-0.39, 0.29) is 11.5 Å². The predicted molar refractivity (Wildman–Crippen MR) is 73.2 cm³/mol. The lowest BCUT2D eigenvalue weighted by Gasteiger charge is -2.08. The summed E-state index contributed by atoms with van der Waals surface area (Å²) in [6, 6.07) is 3.20. The third-order valence-corrected chi connectivity index (χ3v) is 3.43. The smallest absolute Gasteiger partial charge is 0.128 e. The third-order valence-electron chi connectivity index (χ3n) is 2.84. The molecule has 2 aromatic heterocycles. The van der Waals surface area contributed by atoms with Crippen molar-refractivity contribution in [1.82, 2.24) is 15.2 Å². The molecule has 19 heavy (non-hydrogen) atoms. The van der Waals surface area contributed by atoms with Gasteiger partial charge in [-0.25, -0.2) is 4.98 Å². The predicted octanol–water partition coefficient (Wildman–Crippen LogP) is 2.92. The average molecular weight is 273 g/mol. The van der Waals surface area contributed by atoms with Crippen molar-refractivity contribution < 1.29 is 10.2 Å². The lowest BCUT2D eigenvalue weighted by Crippen LogP contribution is -1.86. The minimum absolute atomic E-state index is 0.0122. The average Bonchev–Trinajstić information content (AvgIpc) is 2.96. The number of aryl methyl sites for hydroxylation is 1. The molecule has 3 rings (SSSR count). The third kappa shape index (κ3) is 1.96. The number of aromatic hydroxyl groups is 2. The van der Waals surface area contributed by atoms with Crippen molar-refractivity contribution in [2.24, 2.45) is 0 Å². The van der Waals surface area contributed by atoms with Crippen LogP contribution in [0.5, 0.6) is 11.5 Å². The molecule has 96 valence electrons. The highest BCUT2D eigenvalue weighted by molar-refractivity contribution is 7.07. The Morgan fingerprint density at radius 2 is 1.95 bits per heavy atom. The zero-order valence-electron chi connectivity index (χ0n) is 10.1. The van der Waals surface area contributed by atoms with Gasteiger partial charge in [-0.3, -0.25) is 5.10 Å². The van der Waals surface area contributed by atoms with Crippen LogP contribution >= 0.6 is 11.3 Å². The van der Waals surface area contributed by atoms with Gasteiger partial charge in [0.25, 0.3) is 0 Å². The Labute approximate surface area is 113 Å². The molecule has 0 fully saturated rings. The van der Waals surface area contributed by atoms with Crippen molar-refractivity contribution in [2.75, 3.05) is 0 Å². The van der Waals surface area contributed by atoms with Gasteiger partial charge in [-0.1, -0.05) is 0 Å². The van der Waals surface area contributed by atoms with Gasteiger partial charge in [-0.05, 0) is 24.6 Å². The van der Waals surface area contributed by atoms with Crippen LogP contribution in [0.2, 0.25) is 0 Å². The van der Waals surface area contributed by atoms with Crippen LogP contribution in [0.3, 0.4) is 0 Å². The minimum atomic E-state index is 0.0122. The van der Waals surface area contributed by atoms with Crippen LogP contribution in [0.1, 0.15) is 5.56 Å². The van der Waals surface area contributed by atoms with Gasteiger partial charge in [-0.2, -0.15) is 5.10 Å². The number of aromatic amines is 1. The number of hydrogen-bond acceptors (Lipinski definition) is 5. The molecule has 0 amide bonds. The second kappa shape index (κ2) is 4.40. The first-order chi connectivity index (χ1) is 9.16. The van der Waals surface area contributed by atoms with Gasteiger partial charge in [0.15, 0.2) is 0 Å². The molecule has 0 unspecified atom stereocenters. The summed E-state index contributed by atoms with van der Waals surface area (Å²) < 4.78 is 0. The van der Waals surface area contributed by atoms with Gasteiger partial charge in [0.2, 0.25) is 0 Å². The Bertz CT molecular complexity index is 696. The van der Waals surface area contributed by atoms with E-state index in [1.54, 1.807) is 30.8 Å². The number of thiazole rings is 1. The van der Waals surface area contributed by atoms with Crippen molar-refractivity contribution >= 4 is 11.3 Å². The van der Waals surface area contributed by atoms with Crippen molar-refractivity contribution in [3.8, 4) is 34.0 Å². The highest BCUT2D eigenvalue weighted by atomic mass is 32.1. The number of phenols is 2. The number of phenolic OH excluding ortho intramolecular Hbond substituents is 2. The second-order valence-electron chi connectivity index (χ2n) is 4.21. The van der Waals surface area contributed by atoms with E-state index in [4.69, 9.17) is 0 Å². The van der Waals surface area contributed by atoms with Crippen LogP contribution in [0.25, 0.3) is 22.5 Å². The molecule has 0 aliphatic carbocycles. The highest BCUT2D eigenvalue weighted by Crippen LogP contribution is 2.41. The standard InChI is InChI=1S/C13H11N3O2S/c1-7-2-10(17)12(11(18)3-7)13-8(4-15-16-13)9-5-19-6-14-9/h2-6,17-18H,1H3,(H,15,16). The number of aromatic nitrogens is 3. The van der Waals surface area contributed by atoms with E-state index in [0.717, 1.165) is 16.8 Å². The monoisotopic (exact) mass is 273 g/mol. The van der Waals surface area contributed by atoms with Gasteiger partial charge in [0.05, 0.1) is 28.7 Å². The number of nitrogens with zero attached hydrogens (tertiary/aromatic N) is 2. The molecule has 0 aliphatic heterocycles. The zero-order valence-corrected chi connectivity index (χ0v) is 10.9. The van der Waals surface area contributed by atoms with Crippen molar-refractivity contribution in [3.63, 3.8) is 0 Å². The number of rotatable bonds is 2. The molecular formula is C13H11N3O2S. The molecule has 2 heterocycles. The van der Waals surface area contributed by atoms with Gasteiger partial charge in [0.1, 0.15) is 11.5 Å². The van der Waals surface area contributed by atoms with Crippen LogP contribution < -0.4 is 0 Å². The topological polar surface area (TPSA) is 82.0 Å². The van der Waals surface area contributed by atoms with Gasteiger partial charge < -0.3 is 10.2 Å². The Hall–Kier alpha value is -2.34. The molecule has 0 radical (unpaired) electrons. The van der Waals surface area contributed by atoms with Crippen molar-refractivity contribution in [1.29, 1.82) is 0 Å². The lowest BCUT2D eigenvalue weighted by atomic mass is 10.0. The lowest BCUT2D eigenvalue weighted by molar-refractivity contribution is 0.453. The van der Waals surface area contributed by atoms with E-state index in [0.29, 0.717) is 11.3 Å². The van der Waals surface area contributed by atoms with Crippen LogP contribution in [-0.4, -0.2) is 25.4 Å². The van der Waals surface area contributed by atoms with Crippen LogP contribution in [0.15, 0.2) is 29.2 Å². The minimum Gasteiger partial charge on any atom is -0.507 e. The normalized spacial score (nSPS) is 10.8. The van der Waals surface area contributed by atoms with Gasteiger partial charge in [-0.15, -0.1) is 11.3 Å². The molecule has 0 atom stereocenters. The summed E-state index contributed by atoms with van der Waals surface area (Å²) in [4.78, 5) is 4.22. The van der Waals surface area contributed by atoms with E-state index >= 15 is 0 Å². The molecule has 6 heteroatoms. The summed E-state index contributed by atoms with van der Waals surface area (Å²) in [7, 11) is 0. The molecule has 0 aliphatic rings. The fourth-order valence-electron chi connectivity index (χ4n) is 2.02. The Kier molecular flexibility index (Phi) is 2.72. The molecule has 3 N–H and O–H groups in total. The fourth-order valence-corrected chi connectivity index (χ4v) is 2.57. The first-order valence-electron chi connectivity index (χ1n) is 5.61. The fraction of sp³-hybridized carbons (Fsp3) is 0.0769. The van der Waals surface area contributed by atoms with Crippen LogP contribution in [-0.2, 0) is 0 Å². The summed E-state index contributed by atoms with van der Waals surface area (Å²) in [6.45, 7) is 1.80. The summed E-state index contributed by atoms with van der Waals surface area (Å²) in [6.07, 6.45) is 1.63. The summed E-state index contributed by atoms with van der Waals surface area (Å²) >= 11 is 1.47. The largest absolute Gasteiger partial charge is 0.507 e. The first-order valence-corrected chi connectivity index (χ1v) is 6.56. The quantitative estimate of drug-likeness (QED) is 0.670. The van der Waals surface area contributed by atoms with E-state index in [9.17, 15) is 10.2 Å². The Balaban J connectivity index is 2.22. The van der Waals surface area contributed by atoms with E-state index in [1.807, 2.05) is 5.38 Å². The van der Waals surface area contributed by atoms with Crippen molar-refractivity contribution in [2.45, 2.75) is 6.92 Å². The van der Waals surface area contributed by atoms with E-state index < -0.39 is 0 Å². The Morgan fingerprint density at radius 3 is 2.58 bits per heavy atom. The molecule has 0 saturated heterocycles. The number of H-pyrrole nitrogens is 1. The SMILES string of the molecule is Cc1cc(O)c(-c2[nH]ncc2-c2cscn2)c(O)c1. The second-order valence-corrected chi connectivity index (χ2v) is 4.93. The van der Waals surface area contributed by atoms with Crippen LogP contribution in [0.4, 0.5) is 0 Å². The Morgan fingerprint density at radius 1 is 1.21 bits per heavy atom. The van der Waals surface area contributed by atoms with E-state index in [2.05, 4.69) is 15.2 Å². The van der Waals surface area contributed by atoms with Crippen LogP contribution in [0, 0.1) is 6.92 Å². The molecule has 1 aromatic carbocycles. The zero-order chi connectivity index (χ0) is 13.4. The van der Waals surface area contributed by atoms with Crippen molar-refractivity contribution in [3.05, 3.63) is 34.8 Å². The first kappa shape index (κ1) is 11.7. The summed E-state index contributed by atoms with van der Waals surface area (Å²) in [5.74, 6) is 0.0245. The molecule has 3 aromatic rings. The molecule has 5 nitrogen and oxygen atoms in total. The molecule has 0 bridgehead atoms. The number of hydrogen-bond donors (Lipinski definition) is 3. The van der Waals surface area contributed by atoms with E-state index in [1.165, 1.54) is 11.3 Å². The highest BCUT2D eigenvalue weighted by Gasteiger charge is 2.18. The number of nitrogens with one attached hydrogen (secondary N) is 1. The summed E-state index contributed by atoms with van der Waals surface area (Å²) in [5.41, 5.74) is 4.91. The summed E-state index contributed by atoms with van der Waals surface area (Å²) in [5, 5.41) is 28.7. The maximum Gasteiger partial charge on any atom is 0.128 e. The number of benzene rings is 1. The molecule has 0 saturated carbocycles.